The summed E-state index contributed by atoms with van der Waals surface area (Å²) >= 11 is 5.88. The highest BCUT2D eigenvalue weighted by atomic mass is 35.5. The van der Waals surface area contributed by atoms with E-state index in [1.807, 2.05) is 6.07 Å². The number of aromatic nitrogens is 2. The molecule has 5 heteroatoms. The second-order valence-corrected chi connectivity index (χ2v) is 3.54. The molecule has 0 aliphatic heterocycles. The molecule has 0 spiro atoms. The number of nitrogens with two attached hydrogens (primary N) is 1. The van der Waals surface area contributed by atoms with E-state index in [0.29, 0.717) is 23.2 Å². The van der Waals surface area contributed by atoms with Crippen LogP contribution in [0.5, 0.6) is 11.6 Å². The minimum Gasteiger partial charge on any atom is -0.437 e. The molecule has 2 N–H and O–H groups in total. The minimum absolute atomic E-state index is 0.382. The van der Waals surface area contributed by atoms with Crippen molar-refractivity contribution in [1.82, 2.24) is 9.97 Å². The van der Waals surface area contributed by atoms with Crippen LogP contribution in [0, 0.1) is 0 Å². The van der Waals surface area contributed by atoms with E-state index in [1.165, 1.54) is 6.20 Å². The Balaban J connectivity index is 2.30. The van der Waals surface area contributed by atoms with Crippen LogP contribution < -0.4 is 10.5 Å². The van der Waals surface area contributed by atoms with Crippen LogP contribution in [0.2, 0.25) is 5.02 Å². The first-order valence-corrected chi connectivity index (χ1v) is 5.10. The quantitative estimate of drug-likeness (QED) is 0.887. The summed E-state index contributed by atoms with van der Waals surface area (Å²) in [6, 6.07) is 5.31. The zero-order valence-corrected chi connectivity index (χ0v) is 9.19. The van der Waals surface area contributed by atoms with Gasteiger partial charge in [-0.15, -0.1) is 0 Å². The molecule has 0 radical (unpaired) electrons. The highest BCUT2D eigenvalue weighted by Gasteiger charge is 2.05. The van der Waals surface area contributed by atoms with E-state index < -0.39 is 0 Å². The molecule has 82 valence electrons. The topological polar surface area (TPSA) is 61.0 Å². The minimum atomic E-state index is 0.382. The molecule has 1 aromatic heterocycles. The van der Waals surface area contributed by atoms with E-state index in [4.69, 9.17) is 22.1 Å². The highest BCUT2D eigenvalue weighted by Crippen LogP contribution is 2.26. The summed E-state index contributed by atoms with van der Waals surface area (Å²) in [7, 11) is 0. The molecule has 0 unspecified atom stereocenters. The molecule has 1 aromatic carbocycles. The summed E-state index contributed by atoms with van der Waals surface area (Å²) in [5, 5.41) is 0.594. The Labute approximate surface area is 98.0 Å². The summed E-state index contributed by atoms with van der Waals surface area (Å²) in [6.45, 7) is 0.382. The number of nitrogens with zero attached hydrogens (tertiary/aromatic N) is 2. The first kappa shape index (κ1) is 10.9. The number of rotatable bonds is 3. The standard InChI is InChI=1S/C11H10ClN3O/c12-9-2-1-8(6-13)10(5-9)16-11-7-14-3-4-15-11/h1-5,7H,6,13H2. The van der Waals surface area contributed by atoms with Crippen LogP contribution in [0.3, 0.4) is 0 Å². The van der Waals surface area contributed by atoms with Crippen molar-refractivity contribution >= 4 is 11.6 Å². The zero-order valence-electron chi connectivity index (χ0n) is 8.43. The van der Waals surface area contributed by atoms with Gasteiger partial charge < -0.3 is 10.5 Å². The zero-order chi connectivity index (χ0) is 11.4. The van der Waals surface area contributed by atoms with Gasteiger partial charge in [-0.05, 0) is 12.1 Å². The maximum Gasteiger partial charge on any atom is 0.237 e. The molecule has 0 aliphatic carbocycles. The summed E-state index contributed by atoms with van der Waals surface area (Å²) in [5.74, 6) is 1.02. The lowest BCUT2D eigenvalue weighted by Crippen LogP contribution is -2.00. The van der Waals surface area contributed by atoms with Crippen molar-refractivity contribution < 1.29 is 4.74 Å². The average molecular weight is 236 g/mol. The SMILES string of the molecule is NCc1ccc(Cl)cc1Oc1cnccn1. The van der Waals surface area contributed by atoms with Gasteiger partial charge >= 0.3 is 0 Å². The molecule has 0 bridgehead atoms. The lowest BCUT2D eigenvalue weighted by Gasteiger charge is -2.08. The molecule has 16 heavy (non-hydrogen) atoms. The van der Waals surface area contributed by atoms with Crippen molar-refractivity contribution in [2.75, 3.05) is 0 Å². The molecule has 2 rings (SSSR count). The van der Waals surface area contributed by atoms with Gasteiger partial charge in [-0.3, -0.25) is 4.98 Å². The van der Waals surface area contributed by atoms with Gasteiger partial charge in [0.05, 0.1) is 6.20 Å². The van der Waals surface area contributed by atoms with Crippen molar-refractivity contribution in [3.05, 3.63) is 47.4 Å². The number of halogens is 1. The van der Waals surface area contributed by atoms with Crippen LogP contribution >= 0.6 is 11.6 Å². The van der Waals surface area contributed by atoms with Crippen molar-refractivity contribution in [3.63, 3.8) is 0 Å². The molecule has 0 aliphatic rings. The van der Waals surface area contributed by atoms with E-state index in [2.05, 4.69) is 9.97 Å². The number of hydrogen-bond donors (Lipinski definition) is 1. The van der Waals surface area contributed by atoms with Gasteiger partial charge in [-0.2, -0.15) is 0 Å². The van der Waals surface area contributed by atoms with Crippen LogP contribution in [0.1, 0.15) is 5.56 Å². The molecule has 1 heterocycles. The Morgan fingerprint density at radius 1 is 1.31 bits per heavy atom. The van der Waals surface area contributed by atoms with Crippen molar-refractivity contribution in [2.24, 2.45) is 5.73 Å². The van der Waals surface area contributed by atoms with Crippen LogP contribution in [0.25, 0.3) is 0 Å². The molecular formula is C11H10ClN3O. The largest absolute Gasteiger partial charge is 0.437 e. The Morgan fingerprint density at radius 2 is 2.19 bits per heavy atom. The van der Waals surface area contributed by atoms with E-state index in [9.17, 15) is 0 Å². The highest BCUT2D eigenvalue weighted by molar-refractivity contribution is 6.30. The monoisotopic (exact) mass is 235 g/mol. The summed E-state index contributed by atoms with van der Waals surface area (Å²) in [6.07, 6.45) is 4.66. The third-order valence-electron chi connectivity index (χ3n) is 2.00. The van der Waals surface area contributed by atoms with Crippen molar-refractivity contribution in [3.8, 4) is 11.6 Å². The van der Waals surface area contributed by atoms with Crippen molar-refractivity contribution in [2.45, 2.75) is 6.54 Å². The van der Waals surface area contributed by atoms with Gasteiger partial charge in [-0.1, -0.05) is 17.7 Å². The Bertz CT molecular complexity index is 476. The first-order chi connectivity index (χ1) is 7.79. The predicted molar refractivity (Wildman–Crippen MR) is 61.4 cm³/mol. The molecule has 0 amide bonds. The molecule has 0 atom stereocenters. The fourth-order valence-electron chi connectivity index (χ4n) is 1.24. The molecule has 2 aromatic rings. The maximum absolute atomic E-state index is 5.88. The molecule has 0 saturated heterocycles. The van der Waals surface area contributed by atoms with Crippen LogP contribution in [0.4, 0.5) is 0 Å². The predicted octanol–water partition coefficient (Wildman–Crippen LogP) is 2.38. The number of ether oxygens (including phenoxy) is 1. The molecule has 4 nitrogen and oxygen atoms in total. The third kappa shape index (κ3) is 2.48. The van der Waals surface area contributed by atoms with Gasteiger partial charge in [0.25, 0.3) is 0 Å². The van der Waals surface area contributed by atoms with Crippen LogP contribution in [0.15, 0.2) is 36.8 Å². The summed E-state index contributed by atoms with van der Waals surface area (Å²) in [4.78, 5) is 7.92. The van der Waals surface area contributed by atoms with Crippen molar-refractivity contribution in [1.29, 1.82) is 0 Å². The van der Waals surface area contributed by atoms with Crippen LogP contribution in [-0.4, -0.2) is 9.97 Å². The number of hydrogen-bond acceptors (Lipinski definition) is 4. The second kappa shape index (κ2) is 4.92. The lowest BCUT2D eigenvalue weighted by molar-refractivity contribution is 0.454. The van der Waals surface area contributed by atoms with Gasteiger partial charge in [0.1, 0.15) is 5.75 Å². The maximum atomic E-state index is 5.88. The summed E-state index contributed by atoms with van der Waals surface area (Å²) < 4.78 is 5.54. The number of benzene rings is 1. The van der Waals surface area contributed by atoms with Gasteiger partial charge in [0, 0.05) is 29.5 Å². The van der Waals surface area contributed by atoms with E-state index in [-0.39, 0.29) is 0 Å². The van der Waals surface area contributed by atoms with Gasteiger partial charge in [-0.25, -0.2) is 4.98 Å². The Morgan fingerprint density at radius 3 is 2.88 bits per heavy atom. The van der Waals surface area contributed by atoms with Gasteiger partial charge in [0.2, 0.25) is 5.88 Å². The van der Waals surface area contributed by atoms with E-state index >= 15 is 0 Å². The second-order valence-electron chi connectivity index (χ2n) is 3.10. The molecule has 0 saturated carbocycles. The first-order valence-electron chi connectivity index (χ1n) is 4.72. The Hall–Kier alpha value is -1.65. The van der Waals surface area contributed by atoms with Crippen LogP contribution in [-0.2, 0) is 6.54 Å². The summed E-state index contributed by atoms with van der Waals surface area (Å²) in [5.41, 5.74) is 6.47. The molecular weight excluding hydrogens is 226 g/mol. The van der Waals surface area contributed by atoms with E-state index in [1.54, 1.807) is 24.5 Å². The fraction of sp³-hybridized carbons (Fsp3) is 0.0909. The van der Waals surface area contributed by atoms with Gasteiger partial charge in [0.15, 0.2) is 0 Å². The Kier molecular flexibility index (Phi) is 3.34. The van der Waals surface area contributed by atoms with E-state index in [0.717, 1.165) is 5.56 Å². The smallest absolute Gasteiger partial charge is 0.237 e. The third-order valence-corrected chi connectivity index (χ3v) is 2.24. The fourth-order valence-corrected chi connectivity index (χ4v) is 1.40. The normalized spacial score (nSPS) is 10.1. The average Bonchev–Trinajstić information content (AvgIpc) is 2.31. The molecule has 0 fully saturated rings. The lowest BCUT2D eigenvalue weighted by atomic mass is 10.2.